The Balaban J connectivity index is 1.45. The van der Waals surface area contributed by atoms with Gasteiger partial charge in [-0.05, 0) is 54.2 Å². The lowest BCUT2D eigenvalue weighted by Crippen LogP contribution is -2.20. The number of rotatable bonds is 7. The number of nitrogens with zero attached hydrogens (tertiary/aromatic N) is 2. The van der Waals surface area contributed by atoms with Crippen LogP contribution in [-0.2, 0) is 12.8 Å². The van der Waals surface area contributed by atoms with Crippen LogP contribution in [0.1, 0.15) is 46.1 Å². The van der Waals surface area contributed by atoms with Gasteiger partial charge in [-0.1, -0.05) is 37.3 Å². The fraction of sp³-hybridized carbons (Fsp3) is 0.348. The number of aryl methyl sites for hydroxylation is 2. The maximum Gasteiger partial charge on any atom is 0.208 e. The van der Waals surface area contributed by atoms with E-state index < -0.39 is 0 Å². The molecular formula is C23H25N3O2S. The summed E-state index contributed by atoms with van der Waals surface area (Å²) in [6.07, 6.45) is 6.11. The number of anilines is 1. The summed E-state index contributed by atoms with van der Waals surface area (Å²) in [5.41, 5.74) is 2.95. The molecule has 0 bridgehead atoms. The molecule has 5 nitrogen and oxygen atoms in total. The number of carbonyl (C=O) groups excluding carboxylic acids is 1. The third kappa shape index (κ3) is 4.71. The van der Waals surface area contributed by atoms with Gasteiger partial charge in [-0.2, -0.15) is 0 Å². The molecule has 1 aromatic carbocycles. The molecule has 0 amide bonds. The number of ketones is 1. The van der Waals surface area contributed by atoms with Gasteiger partial charge < -0.3 is 10.4 Å². The Bertz CT molecular complexity index is 963. The van der Waals surface area contributed by atoms with E-state index in [4.69, 9.17) is 0 Å². The van der Waals surface area contributed by atoms with Crippen molar-refractivity contribution in [1.82, 2.24) is 9.97 Å². The zero-order chi connectivity index (χ0) is 20.2. The summed E-state index contributed by atoms with van der Waals surface area (Å²) in [6, 6.07) is 12.5. The van der Waals surface area contributed by atoms with Crippen molar-refractivity contribution in [2.24, 2.45) is 5.92 Å². The van der Waals surface area contributed by atoms with Gasteiger partial charge in [0.15, 0.2) is 0 Å². The van der Waals surface area contributed by atoms with E-state index in [0.717, 1.165) is 19.3 Å². The zero-order valence-corrected chi connectivity index (χ0v) is 17.2. The van der Waals surface area contributed by atoms with Gasteiger partial charge in [-0.15, -0.1) is 11.3 Å². The molecule has 0 aliphatic heterocycles. The smallest absolute Gasteiger partial charge is 0.208 e. The minimum atomic E-state index is -0.307. The van der Waals surface area contributed by atoms with Gasteiger partial charge in [-0.3, -0.25) is 4.79 Å². The largest absolute Gasteiger partial charge is 0.393 e. The van der Waals surface area contributed by atoms with Crippen LogP contribution in [0.25, 0.3) is 0 Å². The van der Waals surface area contributed by atoms with Crippen LogP contribution in [-0.4, -0.2) is 33.0 Å². The van der Waals surface area contributed by atoms with Crippen LogP contribution in [0.2, 0.25) is 0 Å². The molecule has 0 spiro atoms. The first-order chi connectivity index (χ1) is 14.1. The molecule has 2 N–H and O–H groups in total. The molecule has 150 valence electrons. The Labute approximate surface area is 174 Å². The fourth-order valence-corrected chi connectivity index (χ4v) is 4.74. The Morgan fingerprint density at radius 2 is 2.00 bits per heavy atom. The summed E-state index contributed by atoms with van der Waals surface area (Å²) >= 11 is 1.47. The molecule has 4 rings (SSSR count). The highest BCUT2D eigenvalue weighted by atomic mass is 32.1. The average molecular weight is 408 g/mol. The van der Waals surface area contributed by atoms with E-state index in [9.17, 15) is 9.90 Å². The quantitative estimate of drug-likeness (QED) is 0.576. The normalized spacial score (nSPS) is 21.2. The second-order valence-corrected chi connectivity index (χ2v) is 8.69. The van der Waals surface area contributed by atoms with Crippen LogP contribution in [0.15, 0.2) is 54.3 Å². The number of thiophene rings is 1. The SMILES string of the molecule is C[C@@H]1C[C@@H](Nc2ncncc2C(=O)c2cc(CCc3ccccc3)cs2)C[C@@H]1O. The molecule has 1 fully saturated rings. The highest BCUT2D eigenvalue weighted by Gasteiger charge is 2.30. The number of aliphatic hydroxyl groups is 1. The van der Waals surface area contributed by atoms with E-state index in [1.54, 1.807) is 6.20 Å². The number of carbonyl (C=O) groups is 1. The van der Waals surface area contributed by atoms with E-state index in [0.29, 0.717) is 22.7 Å². The van der Waals surface area contributed by atoms with Crippen molar-refractivity contribution in [1.29, 1.82) is 0 Å². The fourth-order valence-electron chi connectivity index (χ4n) is 3.84. The molecule has 6 heteroatoms. The molecule has 3 aromatic rings. The van der Waals surface area contributed by atoms with E-state index in [1.165, 1.54) is 28.8 Å². The standard InChI is InChI=1S/C23H25N3O2S/c1-15-9-18(11-20(15)27)26-23-19(12-24-14-25-23)22(28)21-10-17(13-29-21)8-7-16-5-3-2-4-6-16/h2-6,10,12-15,18,20,27H,7-9,11H2,1H3,(H,24,25,26)/t15-,18-,20+/m1/s1. The monoisotopic (exact) mass is 407 g/mol. The first-order valence-corrected chi connectivity index (χ1v) is 10.9. The summed E-state index contributed by atoms with van der Waals surface area (Å²) in [7, 11) is 0. The lowest BCUT2D eigenvalue weighted by molar-refractivity contribution is 0.104. The predicted molar refractivity (Wildman–Crippen MR) is 115 cm³/mol. The third-order valence-corrected chi connectivity index (χ3v) is 6.54. The molecule has 1 saturated carbocycles. The molecule has 2 aromatic heterocycles. The van der Waals surface area contributed by atoms with Crippen LogP contribution < -0.4 is 5.32 Å². The van der Waals surface area contributed by atoms with Crippen molar-refractivity contribution < 1.29 is 9.90 Å². The Kier molecular flexibility index (Phi) is 6.02. The van der Waals surface area contributed by atoms with Crippen molar-refractivity contribution in [3.8, 4) is 0 Å². The van der Waals surface area contributed by atoms with Gasteiger partial charge in [0.05, 0.1) is 16.5 Å². The van der Waals surface area contributed by atoms with E-state index in [2.05, 4.69) is 32.8 Å². The number of nitrogens with one attached hydrogen (secondary N) is 1. The summed E-state index contributed by atoms with van der Waals surface area (Å²) in [5.74, 6) is 0.740. The molecule has 0 radical (unpaired) electrons. The van der Waals surface area contributed by atoms with Crippen molar-refractivity contribution in [3.63, 3.8) is 0 Å². The van der Waals surface area contributed by atoms with Gasteiger partial charge in [0, 0.05) is 12.2 Å². The summed E-state index contributed by atoms with van der Waals surface area (Å²) in [4.78, 5) is 22.2. The van der Waals surface area contributed by atoms with Crippen LogP contribution in [0.5, 0.6) is 0 Å². The number of hydrogen-bond acceptors (Lipinski definition) is 6. The third-order valence-electron chi connectivity index (χ3n) is 5.56. The van der Waals surface area contributed by atoms with E-state index >= 15 is 0 Å². The van der Waals surface area contributed by atoms with Crippen molar-refractivity contribution >= 4 is 22.9 Å². The van der Waals surface area contributed by atoms with Gasteiger partial charge in [0.2, 0.25) is 5.78 Å². The number of hydrogen-bond donors (Lipinski definition) is 2. The summed E-state index contributed by atoms with van der Waals surface area (Å²) in [6.45, 7) is 2.04. The molecule has 1 aliphatic rings. The number of aliphatic hydroxyl groups excluding tert-OH is 1. The summed E-state index contributed by atoms with van der Waals surface area (Å²) in [5, 5.41) is 15.4. The van der Waals surface area contributed by atoms with Gasteiger partial charge in [-0.25, -0.2) is 9.97 Å². The molecule has 1 aliphatic carbocycles. The molecule has 2 heterocycles. The second-order valence-electron chi connectivity index (χ2n) is 7.78. The number of benzene rings is 1. The van der Waals surface area contributed by atoms with Gasteiger partial charge >= 0.3 is 0 Å². The van der Waals surface area contributed by atoms with Gasteiger partial charge in [0.25, 0.3) is 0 Å². The van der Waals surface area contributed by atoms with Crippen molar-refractivity contribution in [2.45, 2.75) is 44.8 Å². The second kappa shape index (κ2) is 8.84. The van der Waals surface area contributed by atoms with Crippen LogP contribution in [0.3, 0.4) is 0 Å². The number of aromatic nitrogens is 2. The first kappa shape index (κ1) is 19.7. The maximum absolute atomic E-state index is 13.1. The van der Waals surface area contributed by atoms with E-state index in [-0.39, 0.29) is 23.8 Å². The molecule has 0 unspecified atom stereocenters. The first-order valence-electron chi connectivity index (χ1n) is 10.0. The lowest BCUT2D eigenvalue weighted by atomic mass is 10.1. The van der Waals surface area contributed by atoms with Crippen LogP contribution in [0, 0.1) is 5.92 Å². The zero-order valence-electron chi connectivity index (χ0n) is 16.4. The van der Waals surface area contributed by atoms with Gasteiger partial charge in [0.1, 0.15) is 12.1 Å². The highest BCUT2D eigenvalue weighted by Crippen LogP contribution is 2.29. The Morgan fingerprint density at radius 3 is 2.76 bits per heavy atom. The van der Waals surface area contributed by atoms with Crippen LogP contribution >= 0.6 is 11.3 Å². The van der Waals surface area contributed by atoms with E-state index in [1.807, 2.05) is 31.2 Å². The summed E-state index contributed by atoms with van der Waals surface area (Å²) < 4.78 is 0. The molecule has 0 saturated heterocycles. The Hall–Kier alpha value is -2.57. The van der Waals surface area contributed by atoms with Crippen LogP contribution in [0.4, 0.5) is 5.82 Å². The topological polar surface area (TPSA) is 75.1 Å². The lowest BCUT2D eigenvalue weighted by Gasteiger charge is -2.15. The maximum atomic E-state index is 13.1. The predicted octanol–water partition coefficient (Wildman–Crippen LogP) is 4.13. The molecule has 29 heavy (non-hydrogen) atoms. The van der Waals surface area contributed by atoms with Crippen molar-refractivity contribution in [3.05, 3.63) is 75.9 Å². The molecule has 3 atom stereocenters. The highest BCUT2D eigenvalue weighted by molar-refractivity contribution is 7.12. The minimum Gasteiger partial charge on any atom is -0.393 e. The minimum absolute atomic E-state index is 0.0596. The molecular weight excluding hydrogens is 382 g/mol. The van der Waals surface area contributed by atoms with Crippen molar-refractivity contribution in [2.75, 3.05) is 5.32 Å². The Morgan fingerprint density at radius 1 is 1.21 bits per heavy atom. The average Bonchev–Trinajstić information content (AvgIpc) is 3.33.